The van der Waals surface area contributed by atoms with Crippen molar-refractivity contribution < 1.29 is 9.18 Å². The lowest BCUT2D eigenvalue weighted by Gasteiger charge is -2.21. The number of nitrogens with zero attached hydrogens (tertiary/aromatic N) is 2. The summed E-state index contributed by atoms with van der Waals surface area (Å²) in [6.45, 7) is 6.27. The number of benzene rings is 1. The molecule has 2 rings (SSSR count). The zero-order valence-electron chi connectivity index (χ0n) is 12.7. The first-order valence-corrected chi connectivity index (χ1v) is 7.20. The van der Waals surface area contributed by atoms with E-state index in [1.807, 2.05) is 20.8 Å². The SMILES string of the molecule is CC(C)(C)c1ncncc1CNC(=O)c1c(F)cccc1Cl. The highest BCUT2D eigenvalue weighted by atomic mass is 35.5. The second-order valence-electron chi connectivity index (χ2n) is 5.93. The van der Waals surface area contributed by atoms with Crippen molar-refractivity contribution in [3.8, 4) is 0 Å². The number of amides is 1. The second-order valence-corrected chi connectivity index (χ2v) is 6.33. The predicted octanol–water partition coefficient (Wildman–Crippen LogP) is 3.50. The van der Waals surface area contributed by atoms with Crippen LogP contribution in [0.2, 0.25) is 5.02 Å². The van der Waals surface area contributed by atoms with E-state index in [1.165, 1.54) is 24.5 Å². The number of rotatable bonds is 3. The average molecular weight is 322 g/mol. The molecular formula is C16H17ClFN3O. The number of carbonyl (C=O) groups is 1. The summed E-state index contributed by atoms with van der Waals surface area (Å²) in [7, 11) is 0. The maximum Gasteiger partial charge on any atom is 0.256 e. The van der Waals surface area contributed by atoms with Crippen LogP contribution in [0, 0.1) is 5.82 Å². The first-order valence-electron chi connectivity index (χ1n) is 6.82. The van der Waals surface area contributed by atoms with Crippen molar-refractivity contribution in [2.75, 3.05) is 0 Å². The van der Waals surface area contributed by atoms with Crippen LogP contribution in [0.3, 0.4) is 0 Å². The summed E-state index contributed by atoms with van der Waals surface area (Å²) in [6, 6.07) is 4.13. The number of hydrogen-bond acceptors (Lipinski definition) is 3. The Hall–Kier alpha value is -2.01. The molecule has 1 aromatic heterocycles. The summed E-state index contributed by atoms with van der Waals surface area (Å²) in [5.41, 5.74) is 1.29. The van der Waals surface area contributed by atoms with E-state index in [1.54, 1.807) is 6.20 Å². The van der Waals surface area contributed by atoms with Crippen LogP contribution >= 0.6 is 11.6 Å². The fraction of sp³-hybridized carbons (Fsp3) is 0.312. The molecule has 1 aromatic carbocycles. The summed E-state index contributed by atoms with van der Waals surface area (Å²) >= 11 is 5.88. The van der Waals surface area contributed by atoms with Gasteiger partial charge in [-0.05, 0) is 12.1 Å². The minimum Gasteiger partial charge on any atom is -0.348 e. The summed E-state index contributed by atoms with van der Waals surface area (Å²) in [4.78, 5) is 20.4. The summed E-state index contributed by atoms with van der Waals surface area (Å²) in [6.07, 6.45) is 3.12. The van der Waals surface area contributed by atoms with Gasteiger partial charge in [-0.1, -0.05) is 38.4 Å². The maximum atomic E-state index is 13.7. The zero-order chi connectivity index (χ0) is 16.3. The lowest BCUT2D eigenvalue weighted by molar-refractivity contribution is 0.0946. The molecule has 116 valence electrons. The van der Waals surface area contributed by atoms with E-state index in [0.717, 1.165) is 11.3 Å². The van der Waals surface area contributed by atoms with Crippen LogP contribution in [0.1, 0.15) is 42.4 Å². The molecule has 1 amide bonds. The number of hydrogen-bond donors (Lipinski definition) is 1. The van der Waals surface area contributed by atoms with Crippen LogP contribution in [-0.4, -0.2) is 15.9 Å². The van der Waals surface area contributed by atoms with Gasteiger partial charge in [0.25, 0.3) is 5.91 Å². The minimum atomic E-state index is -0.648. The monoisotopic (exact) mass is 321 g/mol. The molecule has 0 spiro atoms. The van der Waals surface area contributed by atoms with E-state index in [4.69, 9.17) is 11.6 Å². The van der Waals surface area contributed by atoms with Crippen molar-refractivity contribution in [1.82, 2.24) is 15.3 Å². The van der Waals surface area contributed by atoms with Gasteiger partial charge in [-0.2, -0.15) is 0 Å². The van der Waals surface area contributed by atoms with Crippen LogP contribution < -0.4 is 5.32 Å². The van der Waals surface area contributed by atoms with Gasteiger partial charge in [0.2, 0.25) is 0 Å². The lowest BCUT2D eigenvalue weighted by atomic mass is 9.89. The Kier molecular flexibility index (Phi) is 4.76. The van der Waals surface area contributed by atoms with E-state index < -0.39 is 11.7 Å². The first-order chi connectivity index (χ1) is 10.3. The number of aromatic nitrogens is 2. The molecular weight excluding hydrogens is 305 g/mol. The van der Waals surface area contributed by atoms with Gasteiger partial charge in [-0.25, -0.2) is 14.4 Å². The first kappa shape index (κ1) is 16.4. The van der Waals surface area contributed by atoms with Crippen LogP contribution in [0.25, 0.3) is 0 Å². The van der Waals surface area contributed by atoms with Crippen LogP contribution in [0.4, 0.5) is 4.39 Å². The van der Waals surface area contributed by atoms with Crippen molar-refractivity contribution in [3.05, 3.63) is 58.4 Å². The Bertz CT molecular complexity index is 678. The van der Waals surface area contributed by atoms with Gasteiger partial charge in [-0.15, -0.1) is 0 Å². The molecule has 0 aliphatic carbocycles. The molecule has 0 bridgehead atoms. The molecule has 0 saturated carbocycles. The van der Waals surface area contributed by atoms with Crippen molar-refractivity contribution in [3.63, 3.8) is 0 Å². The van der Waals surface area contributed by atoms with Crippen molar-refractivity contribution in [2.45, 2.75) is 32.7 Å². The highest BCUT2D eigenvalue weighted by Gasteiger charge is 2.21. The molecule has 0 radical (unpaired) electrons. The third-order valence-corrected chi connectivity index (χ3v) is 3.44. The van der Waals surface area contributed by atoms with Crippen molar-refractivity contribution in [2.24, 2.45) is 0 Å². The van der Waals surface area contributed by atoms with E-state index in [9.17, 15) is 9.18 Å². The Labute approximate surface area is 133 Å². The summed E-state index contributed by atoms with van der Waals surface area (Å²) in [5, 5.41) is 2.75. The Morgan fingerprint density at radius 2 is 2.09 bits per heavy atom. The number of carbonyl (C=O) groups excluding carboxylic acids is 1. The molecule has 2 aromatic rings. The topological polar surface area (TPSA) is 54.9 Å². The summed E-state index contributed by atoms with van der Waals surface area (Å²) in [5.74, 6) is -1.21. The zero-order valence-corrected chi connectivity index (χ0v) is 13.4. The maximum absolute atomic E-state index is 13.7. The van der Waals surface area contributed by atoms with E-state index in [-0.39, 0.29) is 22.5 Å². The molecule has 1 heterocycles. The molecule has 0 unspecified atom stereocenters. The van der Waals surface area contributed by atoms with Crippen LogP contribution in [0.5, 0.6) is 0 Å². The molecule has 4 nitrogen and oxygen atoms in total. The second kappa shape index (κ2) is 6.40. The van der Waals surface area contributed by atoms with Crippen LogP contribution in [-0.2, 0) is 12.0 Å². The fourth-order valence-electron chi connectivity index (χ4n) is 2.14. The van der Waals surface area contributed by atoms with Gasteiger partial charge in [0.1, 0.15) is 12.1 Å². The van der Waals surface area contributed by atoms with Gasteiger partial charge < -0.3 is 5.32 Å². The lowest BCUT2D eigenvalue weighted by Crippen LogP contribution is -2.27. The number of halogens is 2. The molecule has 6 heteroatoms. The van der Waals surface area contributed by atoms with Gasteiger partial charge >= 0.3 is 0 Å². The minimum absolute atomic E-state index is 0.0813. The predicted molar refractivity (Wildman–Crippen MR) is 83.3 cm³/mol. The highest BCUT2D eigenvalue weighted by Crippen LogP contribution is 2.23. The van der Waals surface area contributed by atoms with E-state index in [2.05, 4.69) is 15.3 Å². The molecule has 0 aliphatic heterocycles. The molecule has 1 N–H and O–H groups in total. The Morgan fingerprint density at radius 3 is 2.73 bits per heavy atom. The Morgan fingerprint density at radius 1 is 1.36 bits per heavy atom. The molecule has 0 aliphatic rings. The Balaban J connectivity index is 2.19. The van der Waals surface area contributed by atoms with Gasteiger partial charge in [-0.3, -0.25) is 4.79 Å². The molecule has 0 fully saturated rings. The third kappa shape index (κ3) is 3.60. The molecule has 0 atom stereocenters. The molecule has 0 saturated heterocycles. The smallest absolute Gasteiger partial charge is 0.256 e. The van der Waals surface area contributed by atoms with Gasteiger partial charge in [0.05, 0.1) is 16.3 Å². The van der Waals surface area contributed by atoms with Crippen LogP contribution in [0.15, 0.2) is 30.7 Å². The quantitative estimate of drug-likeness (QED) is 0.941. The highest BCUT2D eigenvalue weighted by molar-refractivity contribution is 6.33. The molecule has 22 heavy (non-hydrogen) atoms. The standard InChI is InChI=1S/C16H17ClFN3O/c1-16(2,3)14-10(7-19-9-21-14)8-20-15(22)13-11(17)5-4-6-12(13)18/h4-7,9H,8H2,1-3H3,(H,20,22). The van der Waals surface area contributed by atoms with E-state index >= 15 is 0 Å². The van der Waals surface area contributed by atoms with Crippen molar-refractivity contribution in [1.29, 1.82) is 0 Å². The normalized spacial score (nSPS) is 11.3. The third-order valence-electron chi connectivity index (χ3n) is 3.13. The number of nitrogens with one attached hydrogen (secondary N) is 1. The van der Waals surface area contributed by atoms with E-state index in [0.29, 0.717) is 0 Å². The largest absolute Gasteiger partial charge is 0.348 e. The fourth-order valence-corrected chi connectivity index (χ4v) is 2.39. The van der Waals surface area contributed by atoms with Crippen molar-refractivity contribution >= 4 is 17.5 Å². The van der Waals surface area contributed by atoms with Gasteiger partial charge in [0, 0.05) is 23.7 Å². The summed E-state index contributed by atoms with van der Waals surface area (Å²) < 4.78 is 13.7. The van der Waals surface area contributed by atoms with Gasteiger partial charge in [0.15, 0.2) is 0 Å². The average Bonchev–Trinajstić information content (AvgIpc) is 2.44.